The lowest BCUT2D eigenvalue weighted by atomic mass is 10.1. The first kappa shape index (κ1) is 12.4. The van der Waals surface area contributed by atoms with Gasteiger partial charge in [-0.25, -0.2) is 0 Å². The lowest BCUT2D eigenvalue weighted by molar-refractivity contribution is 1.41. The number of benzene rings is 2. The van der Waals surface area contributed by atoms with E-state index in [2.05, 4.69) is 79.8 Å². The Morgan fingerprint density at radius 3 is 1.89 bits per heavy atom. The lowest BCUT2D eigenvalue weighted by Crippen LogP contribution is -1.73. The molecule has 0 radical (unpaired) electrons. The summed E-state index contributed by atoms with van der Waals surface area (Å²) in [5.74, 6) is 0. The van der Waals surface area contributed by atoms with Crippen LogP contribution in [0.5, 0.6) is 0 Å². The zero-order valence-corrected chi connectivity index (χ0v) is 10.7. The Bertz CT molecular complexity index is 516. The van der Waals surface area contributed by atoms with Gasteiger partial charge in [0.25, 0.3) is 0 Å². The van der Waals surface area contributed by atoms with E-state index in [1.54, 1.807) is 0 Å². The van der Waals surface area contributed by atoms with Crippen molar-refractivity contribution in [1.82, 2.24) is 0 Å². The summed E-state index contributed by atoms with van der Waals surface area (Å²) in [6, 6.07) is 18.9. The fourth-order valence-corrected chi connectivity index (χ4v) is 1.73. The van der Waals surface area contributed by atoms with Crippen molar-refractivity contribution in [1.29, 1.82) is 0 Å². The summed E-state index contributed by atoms with van der Waals surface area (Å²) in [7, 11) is 0. The van der Waals surface area contributed by atoms with Crippen molar-refractivity contribution in [3.8, 4) is 0 Å². The van der Waals surface area contributed by atoms with E-state index in [1.165, 1.54) is 16.7 Å². The minimum Gasteiger partial charge on any atom is -0.0801 e. The summed E-state index contributed by atoms with van der Waals surface area (Å²) in [6.45, 7) is 2.11. The standard InChI is InChI=1S/C18H18/c1-16-12-14-18(15-13-16)11-7-3-6-10-17-8-4-2-5-9-17/h2,4-15H,3H2,1H3/b10-6+,11-7+. The molecule has 0 heterocycles. The molecule has 0 saturated heterocycles. The van der Waals surface area contributed by atoms with Gasteiger partial charge in [-0.05, 0) is 24.5 Å². The highest BCUT2D eigenvalue weighted by molar-refractivity contribution is 5.52. The molecule has 0 atom stereocenters. The highest BCUT2D eigenvalue weighted by Gasteiger charge is 1.85. The molecule has 0 aliphatic carbocycles. The van der Waals surface area contributed by atoms with Crippen LogP contribution in [0.25, 0.3) is 12.2 Å². The number of aryl methyl sites for hydroxylation is 1. The van der Waals surface area contributed by atoms with E-state index in [-0.39, 0.29) is 0 Å². The van der Waals surface area contributed by atoms with Crippen molar-refractivity contribution >= 4 is 12.2 Å². The highest BCUT2D eigenvalue weighted by Crippen LogP contribution is 2.06. The van der Waals surface area contributed by atoms with Gasteiger partial charge in [0.2, 0.25) is 0 Å². The van der Waals surface area contributed by atoms with E-state index in [0.717, 1.165) is 6.42 Å². The van der Waals surface area contributed by atoms with Crippen molar-refractivity contribution in [3.05, 3.63) is 83.4 Å². The number of rotatable bonds is 4. The molecule has 90 valence electrons. The second-order valence-electron chi connectivity index (χ2n) is 4.36. The van der Waals surface area contributed by atoms with Gasteiger partial charge in [0.1, 0.15) is 0 Å². The molecule has 0 N–H and O–H groups in total. The maximum atomic E-state index is 2.18. The van der Waals surface area contributed by atoms with Crippen molar-refractivity contribution in [2.24, 2.45) is 0 Å². The molecule has 0 heteroatoms. The summed E-state index contributed by atoms with van der Waals surface area (Å²) < 4.78 is 0. The summed E-state index contributed by atoms with van der Waals surface area (Å²) in [6.07, 6.45) is 9.64. The van der Waals surface area contributed by atoms with Crippen LogP contribution >= 0.6 is 0 Å². The van der Waals surface area contributed by atoms with Crippen LogP contribution in [-0.4, -0.2) is 0 Å². The Labute approximate surface area is 109 Å². The number of hydrogen-bond donors (Lipinski definition) is 0. The van der Waals surface area contributed by atoms with Crippen LogP contribution in [0.1, 0.15) is 23.1 Å². The molecule has 0 saturated carbocycles. The van der Waals surface area contributed by atoms with Crippen LogP contribution in [0.2, 0.25) is 0 Å². The molecule has 0 unspecified atom stereocenters. The molecule has 18 heavy (non-hydrogen) atoms. The Morgan fingerprint density at radius 2 is 1.28 bits per heavy atom. The zero-order valence-electron chi connectivity index (χ0n) is 10.7. The van der Waals surface area contributed by atoms with Gasteiger partial charge in [-0.15, -0.1) is 0 Å². The van der Waals surface area contributed by atoms with Gasteiger partial charge in [-0.1, -0.05) is 84.5 Å². The van der Waals surface area contributed by atoms with Gasteiger partial charge >= 0.3 is 0 Å². The predicted octanol–water partition coefficient (Wildman–Crippen LogP) is 5.11. The molecule has 0 aliphatic rings. The SMILES string of the molecule is Cc1ccc(/C=C/C/C=C/c2ccccc2)cc1. The average Bonchev–Trinajstić information content (AvgIpc) is 2.42. The molecular formula is C18H18. The summed E-state index contributed by atoms with van der Waals surface area (Å²) in [5, 5.41) is 0. The first-order chi connectivity index (χ1) is 8.84. The minimum atomic E-state index is 0.961. The summed E-state index contributed by atoms with van der Waals surface area (Å²) >= 11 is 0. The molecular weight excluding hydrogens is 216 g/mol. The Kier molecular flexibility index (Phi) is 4.54. The quantitative estimate of drug-likeness (QED) is 0.689. The van der Waals surface area contributed by atoms with Crippen molar-refractivity contribution in [2.45, 2.75) is 13.3 Å². The van der Waals surface area contributed by atoms with Crippen LogP contribution in [0, 0.1) is 6.92 Å². The maximum Gasteiger partial charge on any atom is -0.0163 e. The fourth-order valence-electron chi connectivity index (χ4n) is 1.73. The van der Waals surface area contributed by atoms with Crippen LogP contribution in [0.4, 0.5) is 0 Å². The van der Waals surface area contributed by atoms with Gasteiger partial charge in [-0.2, -0.15) is 0 Å². The Balaban J connectivity index is 1.85. The first-order valence-corrected chi connectivity index (χ1v) is 6.29. The smallest absolute Gasteiger partial charge is 0.0163 e. The third-order valence-electron chi connectivity index (χ3n) is 2.77. The summed E-state index contributed by atoms with van der Waals surface area (Å²) in [4.78, 5) is 0. The van der Waals surface area contributed by atoms with Crippen LogP contribution < -0.4 is 0 Å². The van der Waals surface area contributed by atoms with Crippen LogP contribution in [0.3, 0.4) is 0 Å². The fraction of sp³-hybridized carbons (Fsp3) is 0.111. The minimum absolute atomic E-state index is 0.961. The van der Waals surface area contributed by atoms with Crippen molar-refractivity contribution in [3.63, 3.8) is 0 Å². The van der Waals surface area contributed by atoms with Gasteiger partial charge in [0, 0.05) is 0 Å². The van der Waals surface area contributed by atoms with Crippen LogP contribution in [-0.2, 0) is 0 Å². The normalized spacial score (nSPS) is 11.4. The third-order valence-corrected chi connectivity index (χ3v) is 2.77. The average molecular weight is 234 g/mol. The van der Waals surface area contributed by atoms with Gasteiger partial charge < -0.3 is 0 Å². The van der Waals surface area contributed by atoms with E-state index in [9.17, 15) is 0 Å². The largest absolute Gasteiger partial charge is 0.0801 e. The predicted molar refractivity (Wildman–Crippen MR) is 80.3 cm³/mol. The first-order valence-electron chi connectivity index (χ1n) is 6.29. The molecule has 0 aromatic heterocycles. The number of hydrogen-bond acceptors (Lipinski definition) is 0. The van der Waals surface area contributed by atoms with Crippen LogP contribution in [0.15, 0.2) is 66.7 Å². The van der Waals surface area contributed by atoms with Gasteiger partial charge in [-0.3, -0.25) is 0 Å². The Hall–Kier alpha value is -2.08. The Morgan fingerprint density at radius 1 is 0.722 bits per heavy atom. The topological polar surface area (TPSA) is 0 Å². The van der Waals surface area contributed by atoms with Crippen molar-refractivity contribution < 1.29 is 0 Å². The molecule has 2 rings (SSSR count). The lowest BCUT2D eigenvalue weighted by Gasteiger charge is -1.94. The monoisotopic (exact) mass is 234 g/mol. The van der Waals surface area contributed by atoms with Gasteiger partial charge in [0.05, 0.1) is 0 Å². The molecule has 0 spiro atoms. The molecule has 0 bridgehead atoms. The zero-order chi connectivity index (χ0) is 12.6. The molecule has 2 aromatic rings. The molecule has 2 aromatic carbocycles. The van der Waals surface area contributed by atoms with Crippen molar-refractivity contribution in [2.75, 3.05) is 0 Å². The second-order valence-corrected chi connectivity index (χ2v) is 4.36. The van der Waals surface area contributed by atoms with Gasteiger partial charge in [0.15, 0.2) is 0 Å². The summed E-state index contributed by atoms with van der Waals surface area (Å²) in [5.41, 5.74) is 3.81. The molecule has 0 nitrogen and oxygen atoms in total. The second kappa shape index (κ2) is 6.61. The molecule has 0 aliphatic heterocycles. The van der Waals surface area contributed by atoms with E-state index in [4.69, 9.17) is 0 Å². The third kappa shape index (κ3) is 4.06. The van der Waals surface area contributed by atoms with E-state index in [1.807, 2.05) is 6.07 Å². The van der Waals surface area contributed by atoms with E-state index < -0.39 is 0 Å². The molecule has 0 amide bonds. The highest BCUT2D eigenvalue weighted by atomic mass is 13.9. The van der Waals surface area contributed by atoms with E-state index >= 15 is 0 Å². The molecule has 0 fully saturated rings. The number of allylic oxidation sites excluding steroid dienone is 2. The van der Waals surface area contributed by atoms with E-state index in [0.29, 0.717) is 0 Å². The maximum absolute atomic E-state index is 2.18.